The summed E-state index contributed by atoms with van der Waals surface area (Å²) in [6.45, 7) is 4.86. The second kappa shape index (κ2) is 3.85. The summed E-state index contributed by atoms with van der Waals surface area (Å²) in [5.74, 6) is -0.0132. The predicted molar refractivity (Wildman–Crippen MR) is 64.2 cm³/mol. The number of carbonyl (C=O) groups excluding carboxylic acids is 1. The molecule has 0 spiro atoms. The van der Waals surface area contributed by atoms with Gasteiger partial charge in [-0.2, -0.15) is 0 Å². The second-order valence-electron chi connectivity index (χ2n) is 4.81. The summed E-state index contributed by atoms with van der Waals surface area (Å²) in [6, 6.07) is 1.74. The molecule has 0 unspecified atom stereocenters. The molecule has 0 bridgehead atoms. The number of nitrogens with one attached hydrogen (secondary N) is 1. The second-order valence-corrected chi connectivity index (χ2v) is 4.81. The van der Waals surface area contributed by atoms with E-state index < -0.39 is 0 Å². The number of hydrogen-bond acceptors (Lipinski definition) is 2. The Bertz CT molecular complexity index is 404. The van der Waals surface area contributed by atoms with Crippen LogP contribution in [0.4, 0.5) is 5.69 Å². The molecule has 0 aromatic carbocycles. The van der Waals surface area contributed by atoms with Gasteiger partial charge in [-0.15, -0.1) is 0 Å². The topological polar surface area (TPSA) is 60.0 Å². The number of amides is 1. The van der Waals surface area contributed by atoms with Gasteiger partial charge in [0.25, 0.3) is 5.91 Å². The highest BCUT2D eigenvalue weighted by atomic mass is 16.2. The third kappa shape index (κ3) is 1.92. The summed E-state index contributed by atoms with van der Waals surface area (Å²) in [6.07, 6.45) is 5.15. The van der Waals surface area contributed by atoms with E-state index in [1.807, 2.05) is 11.5 Å². The molecule has 1 aromatic heterocycles. The number of aryl methyl sites for hydroxylation is 1. The van der Waals surface area contributed by atoms with Crippen LogP contribution in [0.3, 0.4) is 0 Å². The Kier molecular flexibility index (Phi) is 2.66. The molecular formula is C12H19N3O. The van der Waals surface area contributed by atoms with E-state index in [4.69, 9.17) is 5.73 Å². The van der Waals surface area contributed by atoms with E-state index in [-0.39, 0.29) is 11.4 Å². The molecule has 88 valence electrons. The van der Waals surface area contributed by atoms with E-state index >= 15 is 0 Å². The zero-order valence-electron chi connectivity index (χ0n) is 9.92. The Morgan fingerprint density at radius 2 is 2.31 bits per heavy atom. The smallest absolute Gasteiger partial charge is 0.268 e. The lowest BCUT2D eigenvalue weighted by molar-refractivity contribution is 0.0841. The van der Waals surface area contributed by atoms with Crippen molar-refractivity contribution in [3.05, 3.63) is 18.0 Å². The fourth-order valence-corrected chi connectivity index (χ4v) is 2.16. The maximum absolute atomic E-state index is 12.1. The molecule has 0 atom stereocenters. The third-order valence-electron chi connectivity index (χ3n) is 3.36. The van der Waals surface area contributed by atoms with Crippen molar-refractivity contribution < 1.29 is 4.79 Å². The van der Waals surface area contributed by atoms with E-state index in [0.29, 0.717) is 11.4 Å². The van der Waals surface area contributed by atoms with Gasteiger partial charge in [-0.3, -0.25) is 4.79 Å². The number of aromatic nitrogens is 1. The van der Waals surface area contributed by atoms with Gasteiger partial charge in [-0.1, -0.05) is 0 Å². The first kappa shape index (κ1) is 11.0. The lowest BCUT2D eigenvalue weighted by Crippen LogP contribution is -2.51. The molecule has 16 heavy (non-hydrogen) atoms. The molecule has 1 saturated carbocycles. The normalized spacial score (nSPS) is 17.9. The summed E-state index contributed by atoms with van der Waals surface area (Å²) in [5, 5.41) is 3.08. The first-order valence-electron chi connectivity index (χ1n) is 5.82. The van der Waals surface area contributed by atoms with Crippen molar-refractivity contribution in [2.45, 2.75) is 45.2 Å². The van der Waals surface area contributed by atoms with Gasteiger partial charge in [0, 0.05) is 18.3 Å². The molecule has 4 heteroatoms. The highest BCUT2D eigenvalue weighted by molar-refractivity contribution is 5.94. The van der Waals surface area contributed by atoms with Crippen LogP contribution < -0.4 is 11.1 Å². The molecule has 1 aromatic rings. The van der Waals surface area contributed by atoms with E-state index in [0.717, 1.165) is 19.4 Å². The highest BCUT2D eigenvalue weighted by Gasteiger charge is 2.33. The minimum Gasteiger partial charge on any atom is -0.397 e. The summed E-state index contributed by atoms with van der Waals surface area (Å²) in [7, 11) is 0. The third-order valence-corrected chi connectivity index (χ3v) is 3.36. The fraction of sp³-hybridized carbons (Fsp3) is 0.583. The van der Waals surface area contributed by atoms with Crippen LogP contribution >= 0.6 is 0 Å². The zero-order chi connectivity index (χ0) is 11.8. The van der Waals surface area contributed by atoms with Crippen LogP contribution in [0.25, 0.3) is 0 Å². The first-order chi connectivity index (χ1) is 7.54. The molecule has 1 amide bonds. The first-order valence-corrected chi connectivity index (χ1v) is 5.82. The Balaban J connectivity index is 2.13. The Morgan fingerprint density at radius 3 is 2.81 bits per heavy atom. The van der Waals surface area contributed by atoms with Crippen molar-refractivity contribution in [1.29, 1.82) is 0 Å². The van der Waals surface area contributed by atoms with Crippen molar-refractivity contribution in [2.75, 3.05) is 5.73 Å². The molecule has 1 aliphatic carbocycles. The molecule has 1 fully saturated rings. The van der Waals surface area contributed by atoms with Crippen molar-refractivity contribution >= 4 is 11.6 Å². The standard InChI is InChI=1S/C12H19N3O/c1-3-15-8-9(13)7-10(15)11(16)14-12(2)5-4-6-12/h7-8H,3-6,13H2,1-2H3,(H,14,16). The van der Waals surface area contributed by atoms with Crippen molar-refractivity contribution in [3.8, 4) is 0 Å². The van der Waals surface area contributed by atoms with Crippen molar-refractivity contribution in [2.24, 2.45) is 0 Å². The molecule has 0 aliphatic heterocycles. The summed E-state index contributed by atoms with van der Waals surface area (Å²) in [4.78, 5) is 12.1. The van der Waals surface area contributed by atoms with E-state index in [1.54, 1.807) is 12.3 Å². The van der Waals surface area contributed by atoms with E-state index in [2.05, 4.69) is 12.2 Å². The molecule has 4 nitrogen and oxygen atoms in total. The average Bonchev–Trinajstić information content (AvgIpc) is 2.57. The number of rotatable bonds is 3. The van der Waals surface area contributed by atoms with Gasteiger partial charge < -0.3 is 15.6 Å². The van der Waals surface area contributed by atoms with Crippen LogP contribution in [0.1, 0.15) is 43.6 Å². The minimum absolute atomic E-state index is 0.00527. The number of nitrogens with zero attached hydrogens (tertiary/aromatic N) is 1. The Morgan fingerprint density at radius 1 is 1.62 bits per heavy atom. The number of hydrogen-bond donors (Lipinski definition) is 2. The van der Waals surface area contributed by atoms with E-state index in [1.165, 1.54) is 6.42 Å². The van der Waals surface area contributed by atoms with Gasteiger partial charge in [0.1, 0.15) is 5.69 Å². The Hall–Kier alpha value is -1.45. The number of nitrogens with two attached hydrogens (primary N) is 1. The minimum atomic E-state index is -0.0132. The molecule has 1 aliphatic rings. The lowest BCUT2D eigenvalue weighted by Gasteiger charge is -2.39. The van der Waals surface area contributed by atoms with Gasteiger partial charge in [0.15, 0.2) is 0 Å². The van der Waals surface area contributed by atoms with Gasteiger partial charge in [-0.25, -0.2) is 0 Å². The quantitative estimate of drug-likeness (QED) is 0.817. The van der Waals surface area contributed by atoms with Crippen LogP contribution in [0.15, 0.2) is 12.3 Å². The molecule has 2 rings (SSSR count). The van der Waals surface area contributed by atoms with Crippen LogP contribution in [-0.4, -0.2) is 16.0 Å². The number of nitrogen functional groups attached to an aromatic ring is 1. The molecule has 3 N–H and O–H groups in total. The van der Waals surface area contributed by atoms with Gasteiger partial charge in [-0.05, 0) is 39.2 Å². The predicted octanol–water partition coefficient (Wildman–Crippen LogP) is 1.76. The van der Waals surface area contributed by atoms with Crippen LogP contribution in [0.5, 0.6) is 0 Å². The summed E-state index contributed by atoms with van der Waals surface area (Å²) >= 11 is 0. The van der Waals surface area contributed by atoms with Crippen molar-refractivity contribution in [1.82, 2.24) is 9.88 Å². The maximum Gasteiger partial charge on any atom is 0.268 e. The summed E-state index contributed by atoms with van der Waals surface area (Å²) in [5.41, 5.74) is 7.00. The van der Waals surface area contributed by atoms with Crippen LogP contribution in [-0.2, 0) is 6.54 Å². The highest BCUT2D eigenvalue weighted by Crippen LogP contribution is 2.31. The average molecular weight is 221 g/mol. The number of anilines is 1. The maximum atomic E-state index is 12.1. The molecular weight excluding hydrogens is 202 g/mol. The molecule has 1 heterocycles. The SMILES string of the molecule is CCn1cc(N)cc1C(=O)NC1(C)CCC1. The van der Waals surface area contributed by atoms with Gasteiger partial charge >= 0.3 is 0 Å². The van der Waals surface area contributed by atoms with E-state index in [9.17, 15) is 4.79 Å². The zero-order valence-corrected chi connectivity index (χ0v) is 9.92. The largest absolute Gasteiger partial charge is 0.397 e. The van der Waals surface area contributed by atoms with Gasteiger partial charge in [0.05, 0.1) is 5.69 Å². The molecule has 0 radical (unpaired) electrons. The number of carbonyl (C=O) groups is 1. The monoisotopic (exact) mass is 221 g/mol. The fourth-order valence-electron chi connectivity index (χ4n) is 2.16. The Labute approximate surface area is 95.8 Å². The van der Waals surface area contributed by atoms with Crippen LogP contribution in [0, 0.1) is 0 Å². The lowest BCUT2D eigenvalue weighted by atomic mass is 9.78. The molecule has 0 saturated heterocycles. The van der Waals surface area contributed by atoms with Crippen molar-refractivity contribution in [3.63, 3.8) is 0 Å². The van der Waals surface area contributed by atoms with Gasteiger partial charge in [0.2, 0.25) is 0 Å². The van der Waals surface area contributed by atoms with Crippen LogP contribution in [0.2, 0.25) is 0 Å². The summed E-state index contributed by atoms with van der Waals surface area (Å²) < 4.78 is 1.88.